The molecule has 0 radical (unpaired) electrons. The van der Waals surface area contributed by atoms with Gasteiger partial charge in [-0.2, -0.15) is 18.3 Å². The van der Waals surface area contributed by atoms with Crippen LogP contribution in [0.4, 0.5) is 19.0 Å². The topological polar surface area (TPSA) is 53.1 Å². The fraction of sp³-hybridized carbons (Fsp3) is 0.250. The van der Waals surface area contributed by atoms with E-state index in [1.165, 1.54) is 12.1 Å². The van der Waals surface area contributed by atoms with Crippen LogP contribution in [0.15, 0.2) is 36.5 Å². The van der Waals surface area contributed by atoms with Gasteiger partial charge in [0.25, 0.3) is 0 Å². The van der Waals surface area contributed by atoms with Crippen molar-refractivity contribution in [2.75, 3.05) is 12.3 Å². The van der Waals surface area contributed by atoms with Crippen LogP contribution in [0.2, 0.25) is 0 Å². The largest absolute Gasteiger partial charge is 0.492 e. The van der Waals surface area contributed by atoms with E-state index in [0.717, 1.165) is 12.1 Å². The maximum atomic E-state index is 12.3. The number of hydrogen-bond donors (Lipinski definition) is 1. The molecule has 2 rings (SSSR count). The summed E-state index contributed by atoms with van der Waals surface area (Å²) in [5.41, 5.74) is 4.74. The van der Waals surface area contributed by atoms with Crippen molar-refractivity contribution in [3.05, 3.63) is 42.1 Å². The average molecular weight is 271 g/mol. The van der Waals surface area contributed by atoms with Crippen LogP contribution < -0.4 is 10.5 Å². The predicted octanol–water partition coefficient (Wildman–Crippen LogP) is 2.56. The number of nitrogens with zero attached hydrogens (tertiary/aromatic N) is 2. The van der Waals surface area contributed by atoms with Gasteiger partial charge in [0.05, 0.1) is 12.1 Å². The van der Waals surface area contributed by atoms with Crippen LogP contribution in [0.3, 0.4) is 0 Å². The third kappa shape index (κ3) is 3.64. The summed E-state index contributed by atoms with van der Waals surface area (Å²) in [6.45, 7) is 0.769. The van der Waals surface area contributed by atoms with Gasteiger partial charge in [0.1, 0.15) is 18.2 Å². The van der Waals surface area contributed by atoms with Crippen molar-refractivity contribution in [2.45, 2.75) is 12.7 Å². The zero-order valence-corrected chi connectivity index (χ0v) is 9.89. The fourth-order valence-corrected chi connectivity index (χ4v) is 1.50. The van der Waals surface area contributed by atoms with Gasteiger partial charge in [0.2, 0.25) is 0 Å². The molecule has 0 aliphatic heterocycles. The molecule has 2 N–H and O–H groups in total. The molecule has 0 aliphatic rings. The lowest BCUT2D eigenvalue weighted by Crippen LogP contribution is -2.09. The summed E-state index contributed by atoms with van der Waals surface area (Å²) in [5, 5.41) is 3.95. The van der Waals surface area contributed by atoms with E-state index in [0.29, 0.717) is 24.7 Å². The molecule has 2 aromatic rings. The van der Waals surface area contributed by atoms with Gasteiger partial charge in [0, 0.05) is 6.20 Å². The molecular formula is C12H12F3N3O. The minimum atomic E-state index is -4.33. The summed E-state index contributed by atoms with van der Waals surface area (Å²) in [5.74, 6) is 0.794. The third-order valence-corrected chi connectivity index (χ3v) is 2.43. The Labute approximate surface area is 107 Å². The molecule has 0 atom stereocenters. The zero-order chi connectivity index (χ0) is 13.9. The van der Waals surface area contributed by atoms with Crippen LogP contribution >= 0.6 is 0 Å². The van der Waals surface area contributed by atoms with E-state index >= 15 is 0 Å². The molecule has 7 heteroatoms. The number of nitrogen functional groups attached to an aromatic ring is 1. The van der Waals surface area contributed by atoms with Crippen molar-refractivity contribution in [1.29, 1.82) is 0 Å². The average Bonchev–Trinajstić information content (AvgIpc) is 2.75. The van der Waals surface area contributed by atoms with Gasteiger partial charge in [-0.1, -0.05) is 0 Å². The van der Waals surface area contributed by atoms with Crippen LogP contribution in [0.25, 0.3) is 0 Å². The van der Waals surface area contributed by atoms with Gasteiger partial charge in [-0.3, -0.25) is 4.68 Å². The van der Waals surface area contributed by atoms with Crippen molar-refractivity contribution in [3.63, 3.8) is 0 Å². The van der Waals surface area contributed by atoms with E-state index in [1.807, 2.05) is 0 Å². The molecule has 1 heterocycles. The normalized spacial score (nSPS) is 11.5. The minimum absolute atomic E-state index is 0.298. The number of rotatable bonds is 4. The Balaban J connectivity index is 1.86. The molecule has 4 nitrogen and oxygen atoms in total. The maximum absolute atomic E-state index is 12.3. The van der Waals surface area contributed by atoms with Gasteiger partial charge in [0.15, 0.2) is 0 Å². The van der Waals surface area contributed by atoms with Crippen molar-refractivity contribution in [1.82, 2.24) is 9.78 Å². The van der Waals surface area contributed by atoms with Crippen LogP contribution in [0, 0.1) is 0 Å². The Morgan fingerprint density at radius 2 is 1.84 bits per heavy atom. The van der Waals surface area contributed by atoms with E-state index in [4.69, 9.17) is 10.5 Å². The molecule has 1 aromatic carbocycles. The molecule has 1 aromatic heterocycles. The number of anilines is 1. The molecule has 19 heavy (non-hydrogen) atoms. The fourth-order valence-electron chi connectivity index (χ4n) is 1.50. The lowest BCUT2D eigenvalue weighted by atomic mass is 10.2. The first-order valence-electron chi connectivity index (χ1n) is 5.54. The van der Waals surface area contributed by atoms with Crippen LogP contribution in [-0.2, 0) is 12.7 Å². The van der Waals surface area contributed by atoms with Crippen LogP contribution in [0.5, 0.6) is 5.75 Å². The molecule has 102 valence electrons. The standard InChI is InChI=1S/C12H12F3N3O/c13-12(14,15)9-1-3-10(4-2-9)19-8-7-18-6-5-11(16)17-18/h1-6H,7-8H2,(H2,16,17). The third-order valence-electron chi connectivity index (χ3n) is 2.43. The number of aromatic nitrogens is 2. The Morgan fingerprint density at radius 1 is 1.16 bits per heavy atom. The van der Waals surface area contributed by atoms with E-state index in [1.54, 1.807) is 16.9 Å². The summed E-state index contributed by atoms with van der Waals surface area (Å²) in [6.07, 6.45) is -2.63. The molecule has 0 fully saturated rings. The van der Waals surface area contributed by atoms with Crippen molar-refractivity contribution >= 4 is 5.82 Å². The van der Waals surface area contributed by atoms with Crippen molar-refractivity contribution in [3.8, 4) is 5.75 Å². The van der Waals surface area contributed by atoms with E-state index < -0.39 is 11.7 Å². The van der Waals surface area contributed by atoms with Gasteiger partial charge >= 0.3 is 6.18 Å². The summed E-state index contributed by atoms with van der Waals surface area (Å²) in [4.78, 5) is 0. The van der Waals surface area contributed by atoms with E-state index in [-0.39, 0.29) is 0 Å². The number of halogens is 3. The first-order chi connectivity index (χ1) is 8.95. The van der Waals surface area contributed by atoms with Crippen LogP contribution in [-0.4, -0.2) is 16.4 Å². The number of hydrogen-bond acceptors (Lipinski definition) is 3. The molecule has 0 saturated heterocycles. The molecule has 0 saturated carbocycles. The second-order valence-corrected chi connectivity index (χ2v) is 3.87. The summed E-state index contributed by atoms with van der Waals surface area (Å²) < 4.78 is 43.9. The SMILES string of the molecule is Nc1ccn(CCOc2ccc(C(F)(F)F)cc2)n1. The summed E-state index contributed by atoms with van der Waals surface area (Å²) in [7, 11) is 0. The highest BCUT2D eigenvalue weighted by Crippen LogP contribution is 2.30. The minimum Gasteiger partial charge on any atom is -0.492 e. The van der Waals surface area contributed by atoms with Crippen LogP contribution in [0.1, 0.15) is 5.56 Å². The smallest absolute Gasteiger partial charge is 0.416 e. The van der Waals surface area contributed by atoms with Gasteiger partial charge in [-0.25, -0.2) is 0 Å². The van der Waals surface area contributed by atoms with Gasteiger partial charge in [-0.05, 0) is 30.3 Å². The van der Waals surface area contributed by atoms with Crippen molar-refractivity contribution in [2.24, 2.45) is 0 Å². The highest BCUT2D eigenvalue weighted by Gasteiger charge is 2.29. The second-order valence-electron chi connectivity index (χ2n) is 3.87. The second kappa shape index (κ2) is 5.21. The Kier molecular flexibility index (Phi) is 3.64. The number of nitrogens with two attached hydrogens (primary N) is 1. The Morgan fingerprint density at radius 3 is 2.37 bits per heavy atom. The number of alkyl halides is 3. The van der Waals surface area contributed by atoms with Gasteiger partial charge < -0.3 is 10.5 Å². The predicted molar refractivity (Wildman–Crippen MR) is 63.6 cm³/mol. The molecule has 0 amide bonds. The van der Waals surface area contributed by atoms with E-state index in [9.17, 15) is 13.2 Å². The lowest BCUT2D eigenvalue weighted by Gasteiger charge is -2.09. The highest BCUT2D eigenvalue weighted by molar-refractivity contribution is 5.28. The highest BCUT2D eigenvalue weighted by atomic mass is 19.4. The number of ether oxygens (including phenoxy) is 1. The quantitative estimate of drug-likeness (QED) is 0.929. The number of benzene rings is 1. The first kappa shape index (κ1) is 13.3. The Hall–Kier alpha value is -2.18. The summed E-state index contributed by atoms with van der Waals surface area (Å²) in [6, 6.07) is 6.21. The molecule has 0 bridgehead atoms. The first-order valence-corrected chi connectivity index (χ1v) is 5.54. The monoisotopic (exact) mass is 271 g/mol. The Bertz CT molecular complexity index is 534. The van der Waals surface area contributed by atoms with Gasteiger partial charge in [-0.15, -0.1) is 0 Å². The maximum Gasteiger partial charge on any atom is 0.416 e. The van der Waals surface area contributed by atoms with Crippen molar-refractivity contribution < 1.29 is 17.9 Å². The molecular weight excluding hydrogens is 259 g/mol. The summed E-state index contributed by atoms with van der Waals surface area (Å²) >= 11 is 0. The lowest BCUT2D eigenvalue weighted by molar-refractivity contribution is -0.137. The zero-order valence-electron chi connectivity index (χ0n) is 9.89. The molecule has 0 aliphatic carbocycles. The molecule has 0 unspecified atom stereocenters. The van der Waals surface area contributed by atoms with E-state index in [2.05, 4.69) is 5.10 Å². The molecule has 0 spiro atoms.